The lowest BCUT2D eigenvalue weighted by molar-refractivity contribution is 0.479. The number of rotatable bonds is 5. The van der Waals surface area contributed by atoms with Crippen molar-refractivity contribution in [2.24, 2.45) is 0 Å². The van der Waals surface area contributed by atoms with Crippen molar-refractivity contribution in [3.63, 3.8) is 0 Å². The maximum Gasteiger partial charge on any atom is 0.250 e. The molecule has 2 aromatic heterocycles. The molecule has 0 amide bonds. The lowest BCUT2D eigenvalue weighted by atomic mass is 10.0. The highest BCUT2D eigenvalue weighted by molar-refractivity contribution is 6.30. The third kappa shape index (κ3) is 5.00. The van der Waals surface area contributed by atoms with Crippen LogP contribution < -0.4 is 21.9 Å². The van der Waals surface area contributed by atoms with Gasteiger partial charge in [-0.2, -0.15) is 5.10 Å². The highest BCUT2D eigenvalue weighted by Crippen LogP contribution is 2.34. The number of hydrogen-bond acceptors (Lipinski definition) is 5. The molecule has 0 radical (unpaired) electrons. The van der Waals surface area contributed by atoms with Gasteiger partial charge in [0.15, 0.2) is 5.82 Å². The van der Waals surface area contributed by atoms with Crippen LogP contribution in [0.1, 0.15) is 18.4 Å². The van der Waals surface area contributed by atoms with Gasteiger partial charge in [0.1, 0.15) is 0 Å². The molecule has 1 aliphatic heterocycles. The van der Waals surface area contributed by atoms with Gasteiger partial charge in [-0.3, -0.25) is 9.89 Å². The number of nitrogens with zero attached hydrogens (tertiary/aromatic N) is 2. The number of halogens is 2. The summed E-state index contributed by atoms with van der Waals surface area (Å²) in [6.45, 7) is 2.44. The van der Waals surface area contributed by atoms with E-state index in [0.717, 1.165) is 59.2 Å². The first-order chi connectivity index (χ1) is 15.6. The third-order valence-electron chi connectivity index (χ3n) is 5.95. The molecule has 9 heteroatoms. The van der Waals surface area contributed by atoms with E-state index in [9.17, 15) is 4.79 Å². The Morgan fingerprint density at radius 2 is 1.94 bits per heavy atom. The van der Waals surface area contributed by atoms with Crippen molar-refractivity contribution in [2.45, 2.75) is 25.4 Å². The summed E-state index contributed by atoms with van der Waals surface area (Å²) in [6, 6.07) is 15.5. The van der Waals surface area contributed by atoms with Crippen molar-refractivity contribution >= 4 is 46.4 Å². The van der Waals surface area contributed by atoms with Crippen molar-refractivity contribution in [1.82, 2.24) is 20.1 Å². The number of hydrogen-bond donors (Lipinski definition) is 4. The van der Waals surface area contributed by atoms with E-state index in [1.807, 2.05) is 42.6 Å². The average molecular weight is 485 g/mol. The number of nitrogens with two attached hydrogens (primary N) is 1. The van der Waals surface area contributed by atoms with Crippen molar-refractivity contribution < 1.29 is 0 Å². The van der Waals surface area contributed by atoms with Crippen LogP contribution in [-0.4, -0.2) is 33.9 Å². The monoisotopic (exact) mass is 484 g/mol. The highest BCUT2D eigenvalue weighted by Gasteiger charge is 2.17. The second-order valence-electron chi connectivity index (χ2n) is 8.24. The minimum atomic E-state index is -0.0614. The second-order valence-corrected chi connectivity index (χ2v) is 8.67. The van der Waals surface area contributed by atoms with Gasteiger partial charge in [0.05, 0.1) is 17.4 Å². The molecule has 7 nitrogen and oxygen atoms in total. The van der Waals surface area contributed by atoms with E-state index in [1.54, 1.807) is 10.6 Å². The summed E-state index contributed by atoms with van der Waals surface area (Å²) < 4.78 is 1.70. The van der Waals surface area contributed by atoms with Crippen molar-refractivity contribution in [1.29, 1.82) is 0 Å². The van der Waals surface area contributed by atoms with Crippen molar-refractivity contribution in [3.05, 3.63) is 75.7 Å². The van der Waals surface area contributed by atoms with Gasteiger partial charge < -0.3 is 20.9 Å². The Morgan fingerprint density at radius 3 is 2.73 bits per heavy atom. The first-order valence-electron chi connectivity index (χ1n) is 10.8. The summed E-state index contributed by atoms with van der Waals surface area (Å²) in [7, 11) is 0. The molecule has 0 saturated carbocycles. The van der Waals surface area contributed by atoms with E-state index >= 15 is 0 Å². The van der Waals surface area contributed by atoms with Crippen LogP contribution in [-0.2, 0) is 6.54 Å². The van der Waals surface area contributed by atoms with Crippen LogP contribution in [0.2, 0.25) is 5.02 Å². The number of nitrogens with one attached hydrogen (secondary N) is 3. The van der Waals surface area contributed by atoms with Crippen LogP contribution >= 0.6 is 24.0 Å². The molecule has 0 spiro atoms. The van der Waals surface area contributed by atoms with Crippen LogP contribution in [0.25, 0.3) is 22.0 Å². The zero-order chi connectivity index (χ0) is 22.1. The average Bonchev–Trinajstić information content (AvgIpc) is 3.17. The highest BCUT2D eigenvalue weighted by atomic mass is 35.5. The molecule has 2 aromatic carbocycles. The number of piperidine rings is 1. The number of H-pyrrole nitrogens is 1. The lowest BCUT2D eigenvalue weighted by Crippen LogP contribution is -2.35. The standard InChI is InChI=1S/C24H25ClN6O.ClH/c25-18-3-1-2-15(10-18)13-31-14-16(4-5-22(31)32)17-11-20(28-19-6-8-27-9-7-19)23-21(12-17)29-30-24(23)26;/h1-5,10-12,14,19,27-28H,6-9,13H2,(H3,26,29,30);1H. The summed E-state index contributed by atoms with van der Waals surface area (Å²) in [6.07, 6.45) is 3.99. The van der Waals surface area contributed by atoms with Crippen LogP contribution in [0.15, 0.2) is 59.5 Å². The molecule has 3 heterocycles. The molecule has 0 atom stereocenters. The van der Waals surface area contributed by atoms with Gasteiger partial charge in [0.2, 0.25) is 0 Å². The zero-order valence-corrected chi connectivity index (χ0v) is 19.5. The molecule has 0 unspecified atom stereocenters. The Hall–Kier alpha value is -3.00. The summed E-state index contributed by atoms with van der Waals surface area (Å²) >= 11 is 6.12. The van der Waals surface area contributed by atoms with E-state index in [2.05, 4.69) is 26.9 Å². The van der Waals surface area contributed by atoms with E-state index < -0.39 is 0 Å². The Kier molecular flexibility index (Phi) is 6.93. The summed E-state index contributed by atoms with van der Waals surface area (Å²) in [5.41, 5.74) is 10.8. The van der Waals surface area contributed by atoms with E-state index in [4.69, 9.17) is 17.3 Å². The van der Waals surface area contributed by atoms with Crippen molar-refractivity contribution in [2.75, 3.05) is 24.1 Å². The molecule has 0 aliphatic carbocycles. The minimum absolute atomic E-state index is 0. The lowest BCUT2D eigenvalue weighted by Gasteiger charge is -2.25. The number of pyridine rings is 1. The van der Waals surface area contributed by atoms with Crippen LogP contribution in [0.3, 0.4) is 0 Å². The Morgan fingerprint density at radius 1 is 1.12 bits per heavy atom. The number of anilines is 2. The Labute approximate surface area is 202 Å². The molecule has 0 bridgehead atoms. The Bertz CT molecular complexity index is 1330. The van der Waals surface area contributed by atoms with Gasteiger partial charge in [-0.1, -0.05) is 23.7 Å². The molecule has 1 saturated heterocycles. The molecule has 33 heavy (non-hydrogen) atoms. The zero-order valence-electron chi connectivity index (χ0n) is 18.0. The third-order valence-corrected chi connectivity index (χ3v) is 6.18. The molecule has 172 valence electrons. The number of aromatic nitrogens is 3. The fourth-order valence-corrected chi connectivity index (χ4v) is 4.52. The van der Waals surface area contributed by atoms with E-state index in [0.29, 0.717) is 23.4 Å². The SMILES string of the molecule is Cl.Nc1n[nH]c2cc(-c3ccc(=O)n(Cc4cccc(Cl)c4)c3)cc(NC3CCNCC3)c12. The molecular formula is C24H26Cl2N6O. The van der Waals surface area contributed by atoms with Crippen LogP contribution in [0.5, 0.6) is 0 Å². The van der Waals surface area contributed by atoms with Gasteiger partial charge in [-0.05, 0) is 73.0 Å². The quantitative estimate of drug-likeness (QED) is 0.339. The van der Waals surface area contributed by atoms with Crippen LogP contribution in [0.4, 0.5) is 11.5 Å². The molecule has 4 aromatic rings. The maximum absolute atomic E-state index is 12.5. The van der Waals surface area contributed by atoms with Gasteiger partial charge in [-0.25, -0.2) is 0 Å². The van der Waals surface area contributed by atoms with E-state index in [1.165, 1.54) is 0 Å². The predicted molar refractivity (Wildman–Crippen MR) is 138 cm³/mol. The molecule has 1 fully saturated rings. The van der Waals surface area contributed by atoms with Crippen LogP contribution in [0, 0.1) is 0 Å². The predicted octanol–water partition coefficient (Wildman–Crippen LogP) is 4.26. The Balaban J connectivity index is 0.00000259. The molecular weight excluding hydrogens is 459 g/mol. The number of nitrogen functional groups attached to an aromatic ring is 1. The summed E-state index contributed by atoms with van der Waals surface area (Å²) in [4.78, 5) is 12.5. The number of benzene rings is 2. The van der Waals surface area contributed by atoms with Gasteiger partial charge >= 0.3 is 0 Å². The first kappa shape index (κ1) is 23.2. The topological polar surface area (TPSA) is 101 Å². The van der Waals surface area contributed by atoms with Gasteiger partial charge in [0.25, 0.3) is 5.56 Å². The smallest absolute Gasteiger partial charge is 0.250 e. The minimum Gasteiger partial charge on any atom is -0.382 e. The normalized spacial score (nSPS) is 14.2. The fourth-order valence-electron chi connectivity index (χ4n) is 4.31. The number of aromatic amines is 1. The summed E-state index contributed by atoms with van der Waals surface area (Å²) in [5, 5.41) is 15.9. The molecule has 1 aliphatic rings. The number of fused-ring (bicyclic) bond motifs is 1. The largest absolute Gasteiger partial charge is 0.382 e. The van der Waals surface area contributed by atoms with Gasteiger partial charge in [-0.15, -0.1) is 12.4 Å². The fraction of sp³-hybridized carbons (Fsp3) is 0.250. The molecule has 5 rings (SSSR count). The van der Waals surface area contributed by atoms with Gasteiger partial charge in [0, 0.05) is 29.0 Å². The van der Waals surface area contributed by atoms with Crippen molar-refractivity contribution in [3.8, 4) is 11.1 Å². The molecule has 5 N–H and O–H groups in total. The summed E-state index contributed by atoms with van der Waals surface area (Å²) in [5.74, 6) is 0.480. The maximum atomic E-state index is 12.5. The first-order valence-corrected chi connectivity index (χ1v) is 11.1. The second kappa shape index (κ2) is 9.87. The van der Waals surface area contributed by atoms with E-state index in [-0.39, 0.29) is 18.0 Å².